The van der Waals surface area contributed by atoms with Crippen LogP contribution in [0.25, 0.3) is 5.70 Å². The van der Waals surface area contributed by atoms with E-state index in [-0.39, 0.29) is 10.7 Å². The molecule has 0 aromatic heterocycles. The zero-order chi connectivity index (χ0) is 14.9. The number of thiol groups is 1. The molecule has 4 rings (SSSR count). The van der Waals surface area contributed by atoms with E-state index < -0.39 is 0 Å². The highest BCUT2D eigenvalue weighted by atomic mass is 32.2. The Hall–Kier alpha value is -1.85. The van der Waals surface area contributed by atoms with Gasteiger partial charge in [-0.3, -0.25) is 0 Å². The molecule has 2 aliphatic heterocycles. The molecule has 0 radical (unpaired) electrons. The minimum atomic E-state index is -0.0894. The van der Waals surface area contributed by atoms with Crippen LogP contribution in [0.4, 0.5) is 0 Å². The van der Waals surface area contributed by atoms with Gasteiger partial charge in [0.05, 0.1) is 0 Å². The van der Waals surface area contributed by atoms with Crippen molar-refractivity contribution in [2.24, 2.45) is 10.1 Å². The van der Waals surface area contributed by atoms with Gasteiger partial charge in [-0.05, 0) is 4.99 Å². The molecular formula is C17H14N3S2+. The molecule has 2 unspecified atom stereocenters. The number of aliphatic imine (C=N–C) groups is 1. The highest BCUT2D eigenvalue weighted by molar-refractivity contribution is 8.20. The maximum absolute atomic E-state index is 4.76. The average Bonchev–Trinajstić information content (AvgIpc) is 2.95. The van der Waals surface area contributed by atoms with Crippen LogP contribution in [0, 0.1) is 0 Å². The standard InChI is InChI=1S/C17H13N3S2/c21-17-19-20-15(13-9-5-2-6-10-13)11-14(18-16(20)22-17)12-7-3-1-4-8-12/h1-11,15,17H/p+1. The highest BCUT2D eigenvalue weighted by Gasteiger charge is 2.39. The number of hydrogen-bond donors (Lipinski definition) is 1. The third kappa shape index (κ3) is 2.51. The number of azo groups is 2. The summed E-state index contributed by atoms with van der Waals surface area (Å²) in [6.45, 7) is 0. The van der Waals surface area contributed by atoms with E-state index in [0.29, 0.717) is 0 Å². The van der Waals surface area contributed by atoms with E-state index in [9.17, 15) is 0 Å². The number of nitrogens with zero attached hydrogens (tertiary/aromatic N) is 3. The molecule has 5 heteroatoms. The first kappa shape index (κ1) is 13.8. The third-order valence-electron chi connectivity index (χ3n) is 3.64. The smallest absolute Gasteiger partial charge is 0.137 e. The van der Waals surface area contributed by atoms with Gasteiger partial charge in [0.25, 0.3) is 0 Å². The molecule has 0 aliphatic carbocycles. The zero-order valence-corrected chi connectivity index (χ0v) is 13.4. The van der Waals surface area contributed by atoms with Crippen molar-refractivity contribution in [1.82, 2.24) is 0 Å². The normalized spacial score (nSPS) is 23.4. The topological polar surface area (TPSA) is 27.7 Å². The fraction of sp³-hybridized carbons (Fsp3) is 0.118. The van der Waals surface area contributed by atoms with Crippen molar-refractivity contribution >= 4 is 35.3 Å². The minimum Gasteiger partial charge on any atom is -0.137 e. The summed E-state index contributed by atoms with van der Waals surface area (Å²) < 4.78 is 1.89. The van der Waals surface area contributed by atoms with E-state index in [1.165, 1.54) is 5.56 Å². The molecular weight excluding hydrogens is 310 g/mol. The van der Waals surface area contributed by atoms with Crippen molar-refractivity contribution in [2.45, 2.75) is 10.7 Å². The molecule has 108 valence electrons. The van der Waals surface area contributed by atoms with Crippen LogP contribution in [0.2, 0.25) is 0 Å². The molecule has 2 aromatic carbocycles. The second-order valence-corrected chi connectivity index (χ2v) is 6.96. The van der Waals surface area contributed by atoms with Gasteiger partial charge in [0, 0.05) is 29.0 Å². The summed E-state index contributed by atoms with van der Waals surface area (Å²) in [4.78, 5) is 4.76. The molecule has 2 aromatic rings. The zero-order valence-electron chi connectivity index (χ0n) is 11.7. The van der Waals surface area contributed by atoms with Crippen molar-refractivity contribution < 1.29 is 4.70 Å². The first-order valence-electron chi connectivity index (χ1n) is 7.07. The van der Waals surface area contributed by atoms with Crippen LogP contribution in [0.1, 0.15) is 17.2 Å². The Morgan fingerprint density at radius 3 is 2.36 bits per heavy atom. The Morgan fingerprint density at radius 1 is 0.955 bits per heavy atom. The van der Waals surface area contributed by atoms with E-state index in [1.807, 2.05) is 29.0 Å². The number of rotatable bonds is 2. The molecule has 0 N–H and O–H groups in total. The molecule has 0 amide bonds. The van der Waals surface area contributed by atoms with Crippen LogP contribution in [0.15, 0.2) is 76.8 Å². The Kier molecular flexibility index (Phi) is 3.60. The van der Waals surface area contributed by atoms with Crippen LogP contribution in [-0.4, -0.2) is 14.6 Å². The average molecular weight is 324 g/mol. The number of benzene rings is 2. The van der Waals surface area contributed by atoms with Crippen molar-refractivity contribution in [1.29, 1.82) is 0 Å². The summed E-state index contributed by atoms with van der Waals surface area (Å²) in [5.74, 6) is 0. The Balaban J connectivity index is 1.83. The lowest BCUT2D eigenvalue weighted by molar-refractivity contribution is -0.510. The number of thioether (sulfide) groups is 1. The molecule has 2 atom stereocenters. The maximum Gasteiger partial charge on any atom is 0.384 e. The van der Waals surface area contributed by atoms with E-state index in [4.69, 9.17) is 4.99 Å². The van der Waals surface area contributed by atoms with Crippen LogP contribution >= 0.6 is 24.4 Å². The molecule has 3 nitrogen and oxygen atoms in total. The predicted octanol–water partition coefficient (Wildman–Crippen LogP) is 4.56. The van der Waals surface area contributed by atoms with E-state index in [1.54, 1.807) is 11.8 Å². The summed E-state index contributed by atoms with van der Waals surface area (Å²) in [6, 6.07) is 20.7. The lowest BCUT2D eigenvalue weighted by Gasteiger charge is -2.14. The fourth-order valence-electron chi connectivity index (χ4n) is 2.61. The van der Waals surface area contributed by atoms with E-state index in [2.05, 4.69) is 60.2 Å². The molecule has 2 aliphatic rings. The number of fused-ring (bicyclic) bond motifs is 1. The van der Waals surface area contributed by atoms with Gasteiger partial charge in [-0.15, -0.1) is 17.3 Å². The van der Waals surface area contributed by atoms with Crippen molar-refractivity contribution in [2.75, 3.05) is 0 Å². The van der Waals surface area contributed by atoms with Gasteiger partial charge in [0.1, 0.15) is 0 Å². The second-order valence-electron chi connectivity index (χ2n) is 5.07. The minimum absolute atomic E-state index is 0.0635. The SMILES string of the molecule is SC1N=[N+]2C(=NC(c3ccccc3)=CC2c2ccccc2)S1. The third-order valence-corrected chi connectivity index (χ3v) is 4.85. The number of hydrogen-bond acceptors (Lipinski definition) is 4. The van der Waals surface area contributed by atoms with Crippen LogP contribution in [-0.2, 0) is 0 Å². The maximum atomic E-state index is 4.76. The lowest BCUT2D eigenvalue weighted by Crippen LogP contribution is -2.21. The van der Waals surface area contributed by atoms with Crippen molar-refractivity contribution in [3.05, 3.63) is 77.9 Å². The van der Waals surface area contributed by atoms with Gasteiger partial charge in [-0.2, -0.15) is 0 Å². The van der Waals surface area contributed by atoms with Crippen LogP contribution < -0.4 is 0 Å². The predicted molar refractivity (Wildman–Crippen MR) is 94.1 cm³/mol. The Bertz CT molecular complexity index is 782. The summed E-state index contributed by atoms with van der Waals surface area (Å²) in [5.41, 5.74) is 3.32. The fourth-order valence-corrected chi connectivity index (χ4v) is 3.76. The molecule has 0 bridgehead atoms. The van der Waals surface area contributed by atoms with Crippen molar-refractivity contribution in [3.63, 3.8) is 0 Å². The highest BCUT2D eigenvalue weighted by Crippen LogP contribution is 2.38. The summed E-state index contributed by atoms with van der Waals surface area (Å²) in [6.07, 6.45) is 2.17. The van der Waals surface area contributed by atoms with E-state index in [0.717, 1.165) is 16.4 Å². The van der Waals surface area contributed by atoms with E-state index >= 15 is 0 Å². The quantitative estimate of drug-likeness (QED) is 0.636. The van der Waals surface area contributed by atoms with Gasteiger partial charge in [0.2, 0.25) is 0 Å². The summed E-state index contributed by atoms with van der Waals surface area (Å²) >= 11 is 6.05. The largest absolute Gasteiger partial charge is 0.384 e. The molecule has 0 saturated heterocycles. The van der Waals surface area contributed by atoms with Gasteiger partial charge in [0.15, 0.2) is 16.4 Å². The first-order valence-corrected chi connectivity index (χ1v) is 8.46. The Labute approximate surface area is 138 Å². The molecule has 0 fully saturated rings. The molecule has 0 spiro atoms. The number of amidine groups is 1. The lowest BCUT2D eigenvalue weighted by atomic mass is 10.0. The summed E-state index contributed by atoms with van der Waals surface area (Å²) in [5, 5.41) is 5.49. The van der Waals surface area contributed by atoms with Crippen LogP contribution in [0.5, 0.6) is 0 Å². The first-order chi connectivity index (χ1) is 10.8. The van der Waals surface area contributed by atoms with Crippen molar-refractivity contribution in [3.8, 4) is 0 Å². The second kappa shape index (κ2) is 5.74. The molecule has 22 heavy (non-hydrogen) atoms. The Morgan fingerprint density at radius 2 is 1.64 bits per heavy atom. The summed E-state index contributed by atoms with van der Waals surface area (Å²) in [7, 11) is 0. The van der Waals surface area contributed by atoms with Gasteiger partial charge in [-0.25, -0.2) is 0 Å². The van der Waals surface area contributed by atoms with Gasteiger partial charge in [-0.1, -0.05) is 65.8 Å². The monoisotopic (exact) mass is 324 g/mol. The molecule has 2 heterocycles. The van der Waals surface area contributed by atoms with Gasteiger partial charge < -0.3 is 0 Å². The molecule has 0 saturated carbocycles. The van der Waals surface area contributed by atoms with Crippen LogP contribution in [0.3, 0.4) is 0 Å². The van der Waals surface area contributed by atoms with Gasteiger partial charge >= 0.3 is 5.17 Å².